The van der Waals surface area contributed by atoms with Gasteiger partial charge in [-0.05, 0) is 25.8 Å². The molecule has 0 aromatic carbocycles. The van der Waals surface area contributed by atoms with Crippen LogP contribution in [0.15, 0.2) is 0 Å². The summed E-state index contributed by atoms with van der Waals surface area (Å²) in [5, 5.41) is 3.20. The number of hydrogen-bond donors (Lipinski definition) is 2. The molecule has 1 aliphatic rings. The monoisotopic (exact) mass is 286 g/mol. The number of halogens is 1. The Morgan fingerprint density at radius 2 is 2.18 bits per heavy atom. The first-order valence-corrected chi connectivity index (χ1v) is 7.49. The van der Waals surface area contributed by atoms with Crippen LogP contribution < -0.4 is 10.0 Å². The standard InChI is InChI=1S/C10H22N2O3S.ClH/c1-3-15-6-7-16(13,14)12-10-8-11-5-4-9(10)2;/h9-12H,3-8H2,1-2H3;1H. The average molecular weight is 287 g/mol. The number of piperidine rings is 1. The van der Waals surface area contributed by atoms with Crippen molar-refractivity contribution < 1.29 is 13.2 Å². The van der Waals surface area contributed by atoms with Crippen molar-refractivity contribution >= 4 is 22.4 Å². The topological polar surface area (TPSA) is 67.4 Å². The second-order valence-electron chi connectivity index (χ2n) is 4.21. The Morgan fingerprint density at radius 1 is 1.47 bits per heavy atom. The predicted octanol–water partition coefficient (Wildman–Crippen LogP) is 0.362. The van der Waals surface area contributed by atoms with Crippen molar-refractivity contribution in [3.8, 4) is 0 Å². The third-order valence-corrected chi connectivity index (χ3v) is 4.23. The second kappa shape index (κ2) is 8.26. The van der Waals surface area contributed by atoms with Gasteiger partial charge in [0.05, 0.1) is 12.4 Å². The van der Waals surface area contributed by atoms with Crippen LogP contribution in [0.4, 0.5) is 0 Å². The van der Waals surface area contributed by atoms with Crippen molar-refractivity contribution in [2.24, 2.45) is 5.92 Å². The van der Waals surface area contributed by atoms with Gasteiger partial charge in [0.1, 0.15) is 0 Å². The minimum atomic E-state index is -3.20. The van der Waals surface area contributed by atoms with E-state index >= 15 is 0 Å². The van der Waals surface area contributed by atoms with E-state index in [0.29, 0.717) is 12.5 Å². The summed E-state index contributed by atoms with van der Waals surface area (Å²) >= 11 is 0. The molecule has 0 bridgehead atoms. The summed E-state index contributed by atoms with van der Waals surface area (Å²) in [6.07, 6.45) is 1.01. The molecule has 1 saturated heterocycles. The molecule has 0 aromatic heterocycles. The fraction of sp³-hybridized carbons (Fsp3) is 1.00. The van der Waals surface area contributed by atoms with Gasteiger partial charge in [-0.2, -0.15) is 0 Å². The molecule has 0 amide bonds. The number of hydrogen-bond acceptors (Lipinski definition) is 4. The number of nitrogens with one attached hydrogen (secondary N) is 2. The highest BCUT2D eigenvalue weighted by atomic mass is 35.5. The van der Waals surface area contributed by atoms with E-state index in [2.05, 4.69) is 17.0 Å². The summed E-state index contributed by atoms with van der Waals surface area (Å²) in [7, 11) is -3.20. The van der Waals surface area contributed by atoms with Gasteiger partial charge in [-0.25, -0.2) is 13.1 Å². The molecule has 0 radical (unpaired) electrons. The fourth-order valence-electron chi connectivity index (χ4n) is 1.75. The van der Waals surface area contributed by atoms with E-state index in [-0.39, 0.29) is 30.8 Å². The summed E-state index contributed by atoms with van der Waals surface area (Å²) in [5.41, 5.74) is 0. The van der Waals surface area contributed by atoms with Crippen LogP contribution in [0.2, 0.25) is 0 Å². The highest BCUT2D eigenvalue weighted by molar-refractivity contribution is 7.89. The van der Waals surface area contributed by atoms with E-state index in [1.807, 2.05) is 6.92 Å². The van der Waals surface area contributed by atoms with Crippen molar-refractivity contribution in [3.05, 3.63) is 0 Å². The Balaban J connectivity index is 0.00000256. The largest absolute Gasteiger partial charge is 0.381 e. The maximum Gasteiger partial charge on any atom is 0.214 e. The summed E-state index contributed by atoms with van der Waals surface area (Å²) < 4.78 is 31.2. The van der Waals surface area contributed by atoms with Crippen molar-refractivity contribution in [1.29, 1.82) is 0 Å². The molecule has 2 atom stereocenters. The molecule has 1 rings (SSSR count). The van der Waals surface area contributed by atoms with Crippen molar-refractivity contribution in [2.45, 2.75) is 26.3 Å². The zero-order valence-corrected chi connectivity index (χ0v) is 12.1. The summed E-state index contributed by atoms with van der Waals surface area (Å²) in [4.78, 5) is 0. The summed E-state index contributed by atoms with van der Waals surface area (Å²) in [6, 6.07) is 0.0142. The Kier molecular flexibility index (Phi) is 8.32. The van der Waals surface area contributed by atoms with Crippen LogP contribution in [0.3, 0.4) is 0 Å². The lowest BCUT2D eigenvalue weighted by Crippen LogP contribution is -2.50. The van der Waals surface area contributed by atoms with E-state index < -0.39 is 10.0 Å². The number of rotatable bonds is 6. The van der Waals surface area contributed by atoms with Gasteiger partial charge in [0.25, 0.3) is 0 Å². The molecule has 1 fully saturated rings. The van der Waals surface area contributed by atoms with E-state index in [9.17, 15) is 8.42 Å². The molecule has 17 heavy (non-hydrogen) atoms. The Morgan fingerprint density at radius 3 is 2.76 bits per heavy atom. The molecular formula is C10H23ClN2O3S. The normalized spacial score (nSPS) is 25.3. The van der Waals surface area contributed by atoms with Gasteiger partial charge in [-0.1, -0.05) is 6.92 Å². The van der Waals surface area contributed by atoms with Gasteiger partial charge in [0.15, 0.2) is 0 Å². The third kappa shape index (κ3) is 6.57. The van der Waals surface area contributed by atoms with Crippen LogP contribution >= 0.6 is 12.4 Å². The van der Waals surface area contributed by atoms with Gasteiger partial charge in [-0.3, -0.25) is 0 Å². The van der Waals surface area contributed by atoms with E-state index in [0.717, 1.165) is 19.5 Å². The number of sulfonamides is 1. The maximum absolute atomic E-state index is 11.7. The molecule has 1 aliphatic heterocycles. The molecule has 5 nitrogen and oxygen atoms in total. The molecular weight excluding hydrogens is 264 g/mol. The van der Waals surface area contributed by atoms with Crippen molar-refractivity contribution in [2.75, 3.05) is 32.1 Å². The average Bonchev–Trinajstić information content (AvgIpc) is 2.21. The lowest BCUT2D eigenvalue weighted by Gasteiger charge is -2.29. The van der Waals surface area contributed by atoms with Crippen molar-refractivity contribution in [3.63, 3.8) is 0 Å². The molecule has 2 N–H and O–H groups in total. The van der Waals surface area contributed by atoms with Crippen LogP contribution in [0.25, 0.3) is 0 Å². The first-order chi connectivity index (χ1) is 7.55. The Hall–Kier alpha value is 0.120. The van der Waals surface area contributed by atoms with Gasteiger partial charge < -0.3 is 10.1 Å². The lowest BCUT2D eigenvalue weighted by atomic mass is 9.96. The van der Waals surface area contributed by atoms with E-state index in [1.165, 1.54) is 0 Å². The molecule has 0 aliphatic carbocycles. The smallest absolute Gasteiger partial charge is 0.214 e. The van der Waals surface area contributed by atoms with Crippen LogP contribution in [0.5, 0.6) is 0 Å². The van der Waals surface area contributed by atoms with E-state index in [1.54, 1.807) is 0 Å². The first kappa shape index (κ1) is 17.1. The fourth-order valence-corrected chi connectivity index (χ4v) is 2.98. The minimum Gasteiger partial charge on any atom is -0.381 e. The van der Waals surface area contributed by atoms with Gasteiger partial charge >= 0.3 is 0 Å². The molecule has 2 unspecified atom stereocenters. The lowest BCUT2D eigenvalue weighted by molar-refractivity contribution is 0.163. The quantitative estimate of drug-likeness (QED) is 0.692. The van der Waals surface area contributed by atoms with Crippen LogP contribution in [-0.2, 0) is 14.8 Å². The molecule has 7 heteroatoms. The van der Waals surface area contributed by atoms with Gasteiger partial charge in [-0.15, -0.1) is 12.4 Å². The Bertz CT molecular complexity index is 298. The van der Waals surface area contributed by atoms with Crippen LogP contribution in [0, 0.1) is 5.92 Å². The van der Waals surface area contributed by atoms with Gasteiger partial charge in [0, 0.05) is 19.2 Å². The highest BCUT2D eigenvalue weighted by Crippen LogP contribution is 2.12. The van der Waals surface area contributed by atoms with Crippen LogP contribution in [0.1, 0.15) is 20.3 Å². The van der Waals surface area contributed by atoms with Crippen LogP contribution in [-0.4, -0.2) is 46.5 Å². The zero-order valence-electron chi connectivity index (χ0n) is 10.4. The molecule has 0 saturated carbocycles. The van der Waals surface area contributed by atoms with Gasteiger partial charge in [0.2, 0.25) is 10.0 Å². The van der Waals surface area contributed by atoms with Crippen molar-refractivity contribution in [1.82, 2.24) is 10.0 Å². The SMILES string of the molecule is CCOCCS(=O)(=O)NC1CNCCC1C.Cl. The summed E-state index contributed by atoms with van der Waals surface area (Å²) in [6.45, 7) is 6.44. The molecule has 104 valence electrons. The first-order valence-electron chi connectivity index (χ1n) is 5.83. The second-order valence-corrected chi connectivity index (χ2v) is 6.08. The molecule has 0 aromatic rings. The molecule has 1 heterocycles. The minimum absolute atomic E-state index is 0. The number of ether oxygens (including phenoxy) is 1. The predicted molar refractivity (Wildman–Crippen MR) is 71.1 cm³/mol. The Labute approximate surface area is 110 Å². The highest BCUT2D eigenvalue weighted by Gasteiger charge is 2.25. The molecule has 0 spiro atoms. The maximum atomic E-state index is 11.7. The van der Waals surface area contributed by atoms with E-state index in [4.69, 9.17) is 4.74 Å². The summed E-state index contributed by atoms with van der Waals surface area (Å²) in [5.74, 6) is 0.437. The third-order valence-electron chi connectivity index (χ3n) is 2.86. The zero-order chi connectivity index (χ0) is 12.0.